The van der Waals surface area contributed by atoms with Gasteiger partial charge in [-0.25, -0.2) is 0 Å². The molecule has 0 saturated carbocycles. The van der Waals surface area contributed by atoms with Crippen LogP contribution in [-0.4, -0.2) is 0 Å². The Hall–Kier alpha value is -0.790. The molecule has 0 aromatic heterocycles. The zero-order valence-electron chi connectivity index (χ0n) is 7.76. The molecule has 1 nitrogen and oxygen atoms in total. The first kappa shape index (κ1) is 10.3. The molecule has 0 spiro atoms. The summed E-state index contributed by atoms with van der Waals surface area (Å²) >= 11 is 5.90. The number of nitrogens with two attached hydrogens (primary N) is 1. The standard InChI is InChI=1S/C11H14ClN/c1-3-4-11(13)9-5-6-10(12)8(2)7-9/h3,5-7,11H,1,4,13H2,2H3/t11-/m1/s1. The third-order valence-corrected chi connectivity index (χ3v) is 2.45. The lowest BCUT2D eigenvalue weighted by Crippen LogP contribution is -2.08. The van der Waals surface area contributed by atoms with Crippen LogP contribution < -0.4 is 5.73 Å². The summed E-state index contributed by atoms with van der Waals surface area (Å²) in [6, 6.07) is 5.91. The van der Waals surface area contributed by atoms with E-state index >= 15 is 0 Å². The van der Waals surface area contributed by atoms with E-state index in [-0.39, 0.29) is 6.04 Å². The van der Waals surface area contributed by atoms with E-state index in [0.717, 1.165) is 22.6 Å². The van der Waals surface area contributed by atoms with Crippen LogP contribution in [0.25, 0.3) is 0 Å². The summed E-state index contributed by atoms with van der Waals surface area (Å²) in [5.41, 5.74) is 8.09. The quantitative estimate of drug-likeness (QED) is 0.737. The molecule has 0 aliphatic carbocycles. The van der Waals surface area contributed by atoms with E-state index in [2.05, 4.69) is 6.58 Å². The van der Waals surface area contributed by atoms with Gasteiger partial charge in [-0.1, -0.05) is 29.8 Å². The lowest BCUT2D eigenvalue weighted by atomic mass is 10.0. The summed E-state index contributed by atoms with van der Waals surface area (Å²) in [5.74, 6) is 0. The Morgan fingerprint density at radius 3 is 2.85 bits per heavy atom. The fourth-order valence-corrected chi connectivity index (χ4v) is 1.33. The van der Waals surface area contributed by atoms with E-state index in [0.29, 0.717) is 0 Å². The van der Waals surface area contributed by atoms with Crippen molar-refractivity contribution in [3.8, 4) is 0 Å². The third kappa shape index (κ3) is 2.58. The van der Waals surface area contributed by atoms with Crippen molar-refractivity contribution in [3.05, 3.63) is 47.0 Å². The first-order valence-electron chi connectivity index (χ1n) is 4.27. The number of hydrogen-bond donors (Lipinski definition) is 1. The number of halogens is 1. The second-order valence-electron chi connectivity index (χ2n) is 3.14. The number of rotatable bonds is 3. The van der Waals surface area contributed by atoms with Gasteiger partial charge in [-0.05, 0) is 30.5 Å². The van der Waals surface area contributed by atoms with E-state index in [9.17, 15) is 0 Å². The van der Waals surface area contributed by atoms with Gasteiger partial charge >= 0.3 is 0 Å². The first-order chi connectivity index (χ1) is 6.15. The molecule has 0 aliphatic heterocycles. The molecule has 0 radical (unpaired) electrons. The Labute approximate surface area is 84.2 Å². The molecule has 1 rings (SSSR count). The van der Waals surface area contributed by atoms with Crippen molar-refractivity contribution in [1.29, 1.82) is 0 Å². The van der Waals surface area contributed by atoms with Gasteiger partial charge in [0.25, 0.3) is 0 Å². The number of aryl methyl sites for hydroxylation is 1. The number of hydrogen-bond acceptors (Lipinski definition) is 1. The van der Waals surface area contributed by atoms with Crippen molar-refractivity contribution in [3.63, 3.8) is 0 Å². The van der Waals surface area contributed by atoms with Crippen LogP contribution in [-0.2, 0) is 0 Å². The van der Waals surface area contributed by atoms with Crippen molar-refractivity contribution in [2.75, 3.05) is 0 Å². The van der Waals surface area contributed by atoms with Crippen LogP contribution in [0.1, 0.15) is 23.6 Å². The average Bonchev–Trinajstić information content (AvgIpc) is 2.10. The lowest BCUT2D eigenvalue weighted by Gasteiger charge is -2.10. The van der Waals surface area contributed by atoms with E-state index in [4.69, 9.17) is 17.3 Å². The topological polar surface area (TPSA) is 26.0 Å². The highest BCUT2D eigenvalue weighted by atomic mass is 35.5. The maximum Gasteiger partial charge on any atom is 0.0435 e. The summed E-state index contributed by atoms with van der Waals surface area (Å²) in [6.07, 6.45) is 2.62. The molecule has 2 N–H and O–H groups in total. The predicted octanol–water partition coefficient (Wildman–Crippen LogP) is 3.22. The van der Waals surface area contributed by atoms with Crippen LogP contribution in [0, 0.1) is 6.92 Å². The van der Waals surface area contributed by atoms with Crippen LogP contribution in [0.15, 0.2) is 30.9 Å². The predicted molar refractivity (Wildman–Crippen MR) is 57.9 cm³/mol. The van der Waals surface area contributed by atoms with Gasteiger partial charge < -0.3 is 5.73 Å². The molecule has 0 fully saturated rings. The molecule has 1 aromatic carbocycles. The molecular weight excluding hydrogens is 182 g/mol. The van der Waals surface area contributed by atoms with Gasteiger partial charge in [-0.15, -0.1) is 6.58 Å². The maximum absolute atomic E-state index is 5.91. The van der Waals surface area contributed by atoms with Crippen LogP contribution in [0.4, 0.5) is 0 Å². The molecule has 1 atom stereocenters. The summed E-state index contributed by atoms with van der Waals surface area (Å²) in [5, 5.41) is 0.787. The van der Waals surface area contributed by atoms with Crippen molar-refractivity contribution >= 4 is 11.6 Å². The zero-order valence-corrected chi connectivity index (χ0v) is 8.51. The van der Waals surface area contributed by atoms with E-state index < -0.39 is 0 Å². The molecule has 2 heteroatoms. The lowest BCUT2D eigenvalue weighted by molar-refractivity contribution is 0.741. The van der Waals surface area contributed by atoms with Gasteiger partial charge in [0.2, 0.25) is 0 Å². The van der Waals surface area contributed by atoms with Crippen LogP contribution in [0.5, 0.6) is 0 Å². The average molecular weight is 196 g/mol. The van der Waals surface area contributed by atoms with E-state index in [1.54, 1.807) is 0 Å². The van der Waals surface area contributed by atoms with Gasteiger partial charge in [0.15, 0.2) is 0 Å². The molecule has 0 amide bonds. The first-order valence-corrected chi connectivity index (χ1v) is 4.65. The van der Waals surface area contributed by atoms with Gasteiger partial charge in [-0.2, -0.15) is 0 Å². The smallest absolute Gasteiger partial charge is 0.0435 e. The minimum atomic E-state index is 0.0356. The molecule has 0 bridgehead atoms. The number of benzene rings is 1. The van der Waals surface area contributed by atoms with Crippen molar-refractivity contribution < 1.29 is 0 Å². The Morgan fingerprint density at radius 1 is 1.62 bits per heavy atom. The molecule has 13 heavy (non-hydrogen) atoms. The Kier molecular flexibility index (Phi) is 3.52. The van der Waals surface area contributed by atoms with Crippen LogP contribution in [0.3, 0.4) is 0 Å². The highest BCUT2D eigenvalue weighted by Gasteiger charge is 2.04. The fourth-order valence-electron chi connectivity index (χ4n) is 1.21. The van der Waals surface area contributed by atoms with E-state index in [1.807, 2.05) is 31.2 Å². The van der Waals surface area contributed by atoms with Gasteiger partial charge in [0.1, 0.15) is 0 Å². The minimum absolute atomic E-state index is 0.0356. The highest BCUT2D eigenvalue weighted by Crippen LogP contribution is 2.21. The SMILES string of the molecule is C=CC[C@@H](N)c1ccc(Cl)c(C)c1. The second-order valence-corrected chi connectivity index (χ2v) is 3.55. The summed E-state index contributed by atoms with van der Waals surface area (Å²) < 4.78 is 0. The Balaban J connectivity index is 2.89. The maximum atomic E-state index is 5.91. The van der Waals surface area contributed by atoms with Crippen LogP contribution in [0.2, 0.25) is 5.02 Å². The van der Waals surface area contributed by atoms with Crippen molar-refractivity contribution in [2.45, 2.75) is 19.4 Å². The second kappa shape index (κ2) is 4.45. The molecule has 0 heterocycles. The minimum Gasteiger partial charge on any atom is -0.324 e. The van der Waals surface area contributed by atoms with Crippen LogP contribution >= 0.6 is 11.6 Å². The molecule has 0 aliphatic rings. The van der Waals surface area contributed by atoms with Gasteiger partial charge in [-0.3, -0.25) is 0 Å². The van der Waals surface area contributed by atoms with Gasteiger partial charge in [0.05, 0.1) is 0 Å². The van der Waals surface area contributed by atoms with Crippen molar-refractivity contribution in [1.82, 2.24) is 0 Å². The highest BCUT2D eigenvalue weighted by molar-refractivity contribution is 6.31. The largest absolute Gasteiger partial charge is 0.324 e. The molecule has 70 valence electrons. The fraction of sp³-hybridized carbons (Fsp3) is 0.273. The molecule has 0 saturated heterocycles. The Bertz CT molecular complexity index is 307. The molecule has 0 unspecified atom stereocenters. The summed E-state index contributed by atoms with van der Waals surface area (Å²) in [7, 11) is 0. The monoisotopic (exact) mass is 195 g/mol. The summed E-state index contributed by atoms with van der Waals surface area (Å²) in [4.78, 5) is 0. The molecular formula is C11H14ClN. The third-order valence-electron chi connectivity index (χ3n) is 2.03. The van der Waals surface area contributed by atoms with E-state index in [1.165, 1.54) is 0 Å². The zero-order chi connectivity index (χ0) is 9.84. The van der Waals surface area contributed by atoms with Gasteiger partial charge in [0, 0.05) is 11.1 Å². The Morgan fingerprint density at radius 2 is 2.31 bits per heavy atom. The molecule has 1 aromatic rings. The summed E-state index contributed by atoms with van der Waals surface area (Å²) in [6.45, 7) is 5.64. The van der Waals surface area contributed by atoms with Crippen molar-refractivity contribution in [2.24, 2.45) is 5.73 Å². The normalized spacial score (nSPS) is 12.5.